The summed E-state index contributed by atoms with van der Waals surface area (Å²) in [6.07, 6.45) is 3.22. The van der Waals surface area contributed by atoms with Crippen molar-refractivity contribution in [2.24, 2.45) is 0 Å². The lowest BCUT2D eigenvalue weighted by molar-refractivity contribution is 0.102. The van der Waals surface area contributed by atoms with E-state index in [9.17, 15) is 18.0 Å². The molecule has 1 saturated heterocycles. The molecule has 1 amide bonds. The quantitative estimate of drug-likeness (QED) is 0.905. The molecule has 1 heterocycles. The van der Waals surface area contributed by atoms with Crippen LogP contribution >= 0.6 is 0 Å². The molecule has 1 N–H and O–H groups in total. The van der Waals surface area contributed by atoms with E-state index in [2.05, 4.69) is 10.2 Å². The van der Waals surface area contributed by atoms with Crippen LogP contribution in [0, 0.1) is 17.5 Å². The van der Waals surface area contributed by atoms with Crippen molar-refractivity contribution in [2.45, 2.75) is 19.3 Å². The summed E-state index contributed by atoms with van der Waals surface area (Å²) in [7, 11) is 0. The van der Waals surface area contributed by atoms with Gasteiger partial charge in [0.05, 0.1) is 11.4 Å². The van der Waals surface area contributed by atoms with Gasteiger partial charge < -0.3 is 10.2 Å². The maximum absolute atomic E-state index is 13.6. The van der Waals surface area contributed by atoms with Crippen LogP contribution < -0.4 is 10.2 Å². The summed E-state index contributed by atoms with van der Waals surface area (Å²) >= 11 is 0. The molecule has 0 unspecified atom stereocenters. The van der Waals surface area contributed by atoms with Crippen molar-refractivity contribution >= 4 is 17.3 Å². The molecule has 1 aliphatic rings. The van der Waals surface area contributed by atoms with Crippen molar-refractivity contribution < 1.29 is 18.0 Å². The zero-order chi connectivity index (χ0) is 17.1. The molecular formula is C18H17F3N2O. The fourth-order valence-electron chi connectivity index (χ4n) is 2.85. The van der Waals surface area contributed by atoms with Crippen molar-refractivity contribution in [3.8, 4) is 0 Å². The first-order chi connectivity index (χ1) is 11.5. The molecular weight excluding hydrogens is 317 g/mol. The third kappa shape index (κ3) is 3.53. The highest BCUT2D eigenvalue weighted by atomic mass is 19.2. The Morgan fingerprint density at radius 2 is 1.67 bits per heavy atom. The number of carbonyl (C=O) groups excluding carboxylic acids is 1. The van der Waals surface area contributed by atoms with Gasteiger partial charge in [0.15, 0.2) is 11.6 Å². The van der Waals surface area contributed by atoms with E-state index in [1.807, 2.05) is 0 Å². The van der Waals surface area contributed by atoms with E-state index in [-0.39, 0.29) is 5.56 Å². The Kier molecular flexibility index (Phi) is 4.74. The molecule has 0 saturated carbocycles. The van der Waals surface area contributed by atoms with Gasteiger partial charge in [0, 0.05) is 18.7 Å². The van der Waals surface area contributed by atoms with E-state index in [4.69, 9.17) is 0 Å². The van der Waals surface area contributed by atoms with Crippen molar-refractivity contribution in [1.82, 2.24) is 0 Å². The van der Waals surface area contributed by atoms with Crippen molar-refractivity contribution in [2.75, 3.05) is 23.3 Å². The van der Waals surface area contributed by atoms with Crippen LogP contribution in [0.1, 0.15) is 29.6 Å². The zero-order valence-electron chi connectivity index (χ0n) is 13.0. The Bertz CT molecular complexity index is 758. The highest BCUT2D eigenvalue weighted by Crippen LogP contribution is 2.29. The SMILES string of the molecule is O=C(Nc1cc(F)ccc1N1CCCCC1)c1ccc(F)c(F)c1. The van der Waals surface area contributed by atoms with E-state index in [0.717, 1.165) is 50.2 Å². The largest absolute Gasteiger partial charge is 0.370 e. The van der Waals surface area contributed by atoms with Crippen molar-refractivity contribution in [1.29, 1.82) is 0 Å². The Hall–Kier alpha value is -2.50. The normalized spacial score (nSPS) is 14.5. The lowest BCUT2D eigenvalue weighted by Crippen LogP contribution is -2.30. The summed E-state index contributed by atoms with van der Waals surface area (Å²) in [5, 5.41) is 2.60. The van der Waals surface area contributed by atoms with E-state index >= 15 is 0 Å². The minimum atomic E-state index is -1.10. The van der Waals surface area contributed by atoms with E-state index in [0.29, 0.717) is 5.69 Å². The van der Waals surface area contributed by atoms with Gasteiger partial charge in [-0.05, 0) is 55.7 Å². The van der Waals surface area contributed by atoms with E-state index in [1.54, 1.807) is 6.07 Å². The topological polar surface area (TPSA) is 32.3 Å². The number of amides is 1. The predicted octanol–water partition coefficient (Wildman–Crippen LogP) is 4.35. The fourth-order valence-corrected chi connectivity index (χ4v) is 2.85. The minimum Gasteiger partial charge on any atom is -0.370 e. The Labute approximate surface area is 138 Å². The summed E-state index contributed by atoms with van der Waals surface area (Å²) in [5.41, 5.74) is 1.03. The number of halogens is 3. The molecule has 0 radical (unpaired) electrons. The van der Waals surface area contributed by atoms with Gasteiger partial charge in [-0.25, -0.2) is 13.2 Å². The van der Waals surface area contributed by atoms with Gasteiger partial charge in [0.2, 0.25) is 0 Å². The highest BCUT2D eigenvalue weighted by Gasteiger charge is 2.17. The standard InChI is InChI=1S/C18H17F3N2O/c19-13-5-7-17(23-8-2-1-3-9-23)16(11-13)22-18(24)12-4-6-14(20)15(21)10-12/h4-7,10-11H,1-3,8-9H2,(H,22,24). The number of piperidine rings is 1. The van der Waals surface area contributed by atoms with Crippen LogP contribution in [0.15, 0.2) is 36.4 Å². The number of hydrogen-bond donors (Lipinski definition) is 1. The molecule has 0 aliphatic carbocycles. The average molecular weight is 334 g/mol. The van der Waals surface area contributed by atoms with Crippen LogP contribution in [0.25, 0.3) is 0 Å². The van der Waals surface area contributed by atoms with Crippen LogP contribution in [0.2, 0.25) is 0 Å². The van der Waals surface area contributed by atoms with Crippen LogP contribution in [-0.2, 0) is 0 Å². The predicted molar refractivity (Wildman–Crippen MR) is 86.8 cm³/mol. The van der Waals surface area contributed by atoms with E-state index in [1.165, 1.54) is 18.2 Å². The lowest BCUT2D eigenvalue weighted by Gasteiger charge is -2.30. The fraction of sp³-hybridized carbons (Fsp3) is 0.278. The monoisotopic (exact) mass is 334 g/mol. The average Bonchev–Trinajstić information content (AvgIpc) is 2.58. The summed E-state index contributed by atoms with van der Waals surface area (Å²) < 4.78 is 39.9. The van der Waals surface area contributed by atoms with Gasteiger partial charge in [0.1, 0.15) is 5.82 Å². The third-order valence-corrected chi connectivity index (χ3v) is 4.09. The smallest absolute Gasteiger partial charge is 0.255 e. The maximum atomic E-state index is 13.6. The number of benzene rings is 2. The van der Waals surface area contributed by atoms with Gasteiger partial charge >= 0.3 is 0 Å². The molecule has 126 valence electrons. The molecule has 2 aromatic carbocycles. The highest BCUT2D eigenvalue weighted by molar-refractivity contribution is 6.06. The maximum Gasteiger partial charge on any atom is 0.255 e. The van der Waals surface area contributed by atoms with Crippen molar-refractivity contribution in [3.63, 3.8) is 0 Å². The molecule has 24 heavy (non-hydrogen) atoms. The molecule has 6 heteroatoms. The first-order valence-corrected chi connectivity index (χ1v) is 7.85. The van der Waals surface area contributed by atoms with Gasteiger partial charge in [0.25, 0.3) is 5.91 Å². The summed E-state index contributed by atoms with van der Waals surface area (Å²) in [6, 6.07) is 7.11. The minimum absolute atomic E-state index is 0.0252. The number of carbonyl (C=O) groups is 1. The van der Waals surface area contributed by atoms with Crippen molar-refractivity contribution in [3.05, 3.63) is 59.4 Å². The van der Waals surface area contributed by atoms with Gasteiger partial charge in [-0.3, -0.25) is 4.79 Å². The lowest BCUT2D eigenvalue weighted by atomic mass is 10.1. The number of nitrogens with zero attached hydrogens (tertiary/aromatic N) is 1. The van der Waals surface area contributed by atoms with Gasteiger partial charge in [-0.15, -0.1) is 0 Å². The van der Waals surface area contributed by atoms with Crippen LogP contribution in [0.4, 0.5) is 24.5 Å². The molecule has 2 aromatic rings. The second-order valence-corrected chi connectivity index (χ2v) is 5.79. The molecule has 0 aromatic heterocycles. The van der Waals surface area contributed by atoms with Crippen LogP contribution in [-0.4, -0.2) is 19.0 Å². The zero-order valence-corrected chi connectivity index (χ0v) is 13.0. The second-order valence-electron chi connectivity index (χ2n) is 5.79. The van der Waals surface area contributed by atoms with E-state index < -0.39 is 23.4 Å². The van der Waals surface area contributed by atoms with Crippen LogP contribution in [0.3, 0.4) is 0 Å². The Morgan fingerprint density at radius 3 is 2.38 bits per heavy atom. The Balaban J connectivity index is 1.86. The molecule has 0 atom stereocenters. The summed E-state index contributed by atoms with van der Waals surface area (Å²) in [6.45, 7) is 1.67. The third-order valence-electron chi connectivity index (χ3n) is 4.09. The molecule has 0 bridgehead atoms. The number of anilines is 2. The molecule has 1 aliphatic heterocycles. The molecule has 3 rings (SSSR count). The van der Waals surface area contributed by atoms with Gasteiger partial charge in [-0.2, -0.15) is 0 Å². The first-order valence-electron chi connectivity index (χ1n) is 7.85. The first kappa shape index (κ1) is 16.4. The number of rotatable bonds is 3. The molecule has 1 fully saturated rings. The number of hydrogen-bond acceptors (Lipinski definition) is 2. The molecule has 3 nitrogen and oxygen atoms in total. The van der Waals surface area contributed by atoms with Gasteiger partial charge in [-0.1, -0.05) is 0 Å². The second kappa shape index (κ2) is 6.95. The summed E-state index contributed by atoms with van der Waals surface area (Å²) in [5.74, 6) is -3.21. The number of nitrogens with one attached hydrogen (secondary N) is 1. The Morgan fingerprint density at radius 1 is 0.917 bits per heavy atom. The van der Waals surface area contributed by atoms with Crippen LogP contribution in [0.5, 0.6) is 0 Å². The summed E-state index contributed by atoms with van der Waals surface area (Å²) in [4.78, 5) is 14.4. The molecule has 0 spiro atoms.